The number of ether oxygens (including phenoxy) is 1. The van der Waals surface area contributed by atoms with E-state index in [1.165, 1.54) is 4.57 Å². The summed E-state index contributed by atoms with van der Waals surface area (Å²) in [5.74, 6) is -0.196. The minimum atomic E-state index is -0.248. The summed E-state index contributed by atoms with van der Waals surface area (Å²) in [5.41, 5.74) is -0.0150. The number of aryl methyl sites for hydroxylation is 1. The van der Waals surface area contributed by atoms with Gasteiger partial charge in [-0.2, -0.15) is 0 Å². The van der Waals surface area contributed by atoms with Gasteiger partial charge >= 0.3 is 0 Å². The van der Waals surface area contributed by atoms with Crippen molar-refractivity contribution in [1.29, 1.82) is 0 Å². The first kappa shape index (κ1) is 12.8. The van der Waals surface area contributed by atoms with Gasteiger partial charge in [-0.25, -0.2) is 0 Å². The van der Waals surface area contributed by atoms with E-state index in [1.807, 2.05) is 0 Å². The number of rotatable bonds is 2. The van der Waals surface area contributed by atoms with Crippen molar-refractivity contribution in [3.05, 3.63) is 34.2 Å². The largest absolute Gasteiger partial charge is 0.380 e. The van der Waals surface area contributed by atoms with Crippen molar-refractivity contribution in [1.82, 2.24) is 9.47 Å². The molecule has 0 aliphatic carbocycles. The number of carbonyl (C=O) groups is 1. The maximum atomic E-state index is 12.3. The van der Waals surface area contributed by atoms with Gasteiger partial charge in [-0.3, -0.25) is 9.59 Å². The first-order valence-corrected chi connectivity index (χ1v) is 6.11. The van der Waals surface area contributed by atoms with Crippen LogP contribution in [0, 0.1) is 0 Å². The van der Waals surface area contributed by atoms with E-state index in [0.717, 1.165) is 12.8 Å². The van der Waals surface area contributed by atoms with Gasteiger partial charge in [-0.05, 0) is 25.0 Å². The minimum Gasteiger partial charge on any atom is -0.380 e. The summed E-state index contributed by atoms with van der Waals surface area (Å²) >= 11 is 0. The fourth-order valence-corrected chi connectivity index (χ4v) is 2.25. The normalized spacial score (nSPS) is 19.9. The van der Waals surface area contributed by atoms with Crippen LogP contribution in [0.3, 0.4) is 0 Å². The zero-order valence-electron chi connectivity index (χ0n) is 10.8. The van der Waals surface area contributed by atoms with Crippen LogP contribution in [-0.4, -0.2) is 41.7 Å². The van der Waals surface area contributed by atoms with Crippen LogP contribution in [0.2, 0.25) is 0 Å². The van der Waals surface area contributed by atoms with Crippen LogP contribution < -0.4 is 5.56 Å². The average molecular weight is 250 g/mol. The van der Waals surface area contributed by atoms with Gasteiger partial charge in [0.05, 0.1) is 6.10 Å². The van der Waals surface area contributed by atoms with Crippen molar-refractivity contribution in [3.8, 4) is 0 Å². The van der Waals surface area contributed by atoms with Crippen molar-refractivity contribution in [3.63, 3.8) is 0 Å². The van der Waals surface area contributed by atoms with Crippen LogP contribution in [-0.2, 0) is 11.8 Å². The summed E-state index contributed by atoms with van der Waals surface area (Å²) in [6.45, 7) is 1.25. The molecule has 1 fully saturated rings. The molecule has 0 N–H and O–H groups in total. The Morgan fingerprint density at radius 3 is 3.00 bits per heavy atom. The number of amides is 1. The fourth-order valence-electron chi connectivity index (χ4n) is 2.25. The summed E-state index contributed by atoms with van der Waals surface area (Å²) < 4.78 is 6.71. The van der Waals surface area contributed by atoms with Crippen molar-refractivity contribution in [2.75, 3.05) is 20.2 Å². The van der Waals surface area contributed by atoms with E-state index in [2.05, 4.69) is 0 Å². The SMILES string of the molecule is COC1CCCN(C(=O)c2cccn(C)c2=O)C1. The molecule has 1 unspecified atom stereocenters. The second-order valence-corrected chi connectivity index (χ2v) is 4.59. The third-order valence-corrected chi connectivity index (χ3v) is 3.35. The number of hydrogen-bond donors (Lipinski definition) is 0. The number of pyridine rings is 1. The second kappa shape index (κ2) is 5.35. The number of carbonyl (C=O) groups excluding carboxylic acids is 1. The lowest BCUT2D eigenvalue weighted by molar-refractivity contribution is 0.0267. The molecule has 1 atom stereocenters. The van der Waals surface area contributed by atoms with Crippen molar-refractivity contribution in [2.24, 2.45) is 7.05 Å². The van der Waals surface area contributed by atoms with Crippen LogP contribution in [0.4, 0.5) is 0 Å². The van der Waals surface area contributed by atoms with Gasteiger partial charge < -0.3 is 14.2 Å². The molecule has 5 heteroatoms. The molecule has 1 aliphatic heterocycles. The maximum Gasteiger partial charge on any atom is 0.263 e. The molecule has 1 amide bonds. The number of piperidine rings is 1. The molecule has 98 valence electrons. The van der Waals surface area contributed by atoms with E-state index in [9.17, 15) is 9.59 Å². The molecule has 1 aromatic rings. The fraction of sp³-hybridized carbons (Fsp3) is 0.538. The lowest BCUT2D eigenvalue weighted by Crippen LogP contribution is -2.44. The first-order valence-electron chi connectivity index (χ1n) is 6.11. The molecule has 1 aliphatic rings. The summed E-state index contributed by atoms with van der Waals surface area (Å²) in [5, 5.41) is 0. The molecule has 1 aromatic heterocycles. The van der Waals surface area contributed by atoms with Crippen LogP contribution in [0.1, 0.15) is 23.2 Å². The van der Waals surface area contributed by atoms with E-state index < -0.39 is 0 Å². The number of nitrogens with zero attached hydrogens (tertiary/aromatic N) is 2. The van der Waals surface area contributed by atoms with E-state index in [0.29, 0.717) is 13.1 Å². The van der Waals surface area contributed by atoms with Gasteiger partial charge in [0.1, 0.15) is 5.56 Å². The summed E-state index contributed by atoms with van der Waals surface area (Å²) in [6, 6.07) is 3.30. The molecular formula is C13H18N2O3. The van der Waals surface area contributed by atoms with E-state index in [-0.39, 0.29) is 23.1 Å². The summed E-state index contributed by atoms with van der Waals surface area (Å²) in [6.07, 6.45) is 3.60. The minimum absolute atomic E-state index is 0.0789. The molecule has 0 saturated carbocycles. The number of hydrogen-bond acceptors (Lipinski definition) is 3. The van der Waals surface area contributed by atoms with Crippen LogP contribution >= 0.6 is 0 Å². The molecule has 0 spiro atoms. The number of methoxy groups -OCH3 is 1. The quantitative estimate of drug-likeness (QED) is 0.774. The topological polar surface area (TPSA) is 51.5 Å². The van der Waals surface area contributed by atoms with E-state index in [4.69, 9.17) is 4.74 Å². The summed E-state index contributed by atoms with van der Waals surface area (Å²) in [4.78, 5) is 25.9. The highest BCUT2D eigenvalue weighted by molar-refractivity contribution is 5.93. The molecule has 18 heavy (non-hydrogen) atoms. The van der Waals surface area contributed by atoms with Crippen LogP contribution in [0.15, 0.2) is 23.1 Å². The standard InChI is InChI=1S/C13H18N2O3/c1-14-7-4-6-11(12(14)16)13(17)15-8-3-5-10(9-15)18-2/h4,6-7,10H,3,5,8-9H2,1-2H3. The molecule has 1 saturated heterocycles. The van der Waals surface area contributed by atoms with Crippen LogP contribution in [0.5, 0.6) is 0 Å². The van der Waals surface area contributed by atoms with Gasteiger partial charge in [0, 0.05) is 33.4 Å². The lowest BCUT2D eigenvalue weighted by Gasteiger charge is -2.31. The average Bonchev–Trinajstić information content (AvgIpc) is 2.41. The Morgan fingerprint density at radius 1 is 1.50 bits per heavy atom. The van der Waals surface area contributed by atoms with Crippen molar-refractivity contribution < 1.29 is 9.53 Å². The molecule has 0 bridgehead atoms. The Balaban J connectivity index is 2.21. The molecule has 0 aromatic carbocycles. The molecule has 0 radical (unpaired) electrons. The van der Waals surface area contributed by atoms with E-state index >= 15 is 0 Å². The zero-order chi connectivity index (χ0) is 13.1. The van der Waals surface area contributed by atoms with Gasteiger partial charge in [0.15, 0.2) is 0 Å². The second-order valence-electron chi connectivity index (χ2n) is 4.59. The Kier molecular flexibility index (Phi) is 3.81. The third-order valence-electron chi connectivity index (χ3n) is 3.35. The first-order chi connectivity index (χ1) is 8.63. The smallest absolute Gasteiger partial charge is 0.263 e. The Bertz CT molecular complexity index is 495. The highest BCUT2D eigenvalue weighted by Crippen LogP contribution is 2.14. The Labute approximate surface area is 106 Å². The van der Waals surface area contributed by atoms with Gasteiger partial charge in [0.25, 0.3) is 11.5 Å². The van der Waals surface area contributed by atoms with Gasteiger partial charge in [-0.1, -0.05) is 0 Å². The molecule has 2 rings (SSSR count). The summed E-state index contributed by atoms with van der Waals surface area (Å²) in [7, 11) is 3.30. The number of likely N-dealkylation sites (tertiary alicyclic amines) is 1. The van der Waals surface area contributed by atoms with Gasteiger partial charge in [-0.15, -0.1) is 0 Å². The third kappa shape index (κ3) is 2.46. The Morgan fingerprint density at radius 2 is 2.28 bits per heavy atom. The maximum absolute atomic E-state index is 12.3. The molecular weight excluding hydrogens is 232 g/mol. The highest BCUT2D eigenvalue weighted by atomic mass is 16.5. The Hall–Kier alpha value is -1.62. The van der Waals surface area contributed by atoms with Crippen molar-refractivity contribution in [2.45, 2.75) is 18.9 Å². The molecule has 2 heterocycles. The van der Waals surface area contributed by atoms with Crippen molar-refractivity contribution >= 4 is 5.91 Å². The van der Waals surface area contributed by atoms with E-state index in [1.54, 1.807) is 37.4 Å². The number of aromatic nitrogens is 1. The van der Waals surface area contributed by atoms with Crippen LogP contribution in [0.25, 0.3) is 0 Å². The molecule has 5 nitrogen and oxygen atoms in total. The lowest BCUT2D eigenvalue weighted by atomic mass is 10.1. The predicted octanol–water partition coefficient (Wildman–Crippen LogP) is 0.636. The predicted molar refractivity (Wildman–Crippen MR) is 67.6 cm³/mol. The van der Waals surface area contributed by atoms with Gasteiger partial charge in [0.2, 0.25) is 0 Å². The zero-order valence-corrected chi connectivity index (χ0v) is 10.8. The highest BCUT2D eigenvalue weighted by Gasteiger charge is 2.25. The monoisotopic (exact) mass is 250 g/mol.